The first-order valence-corrected chi connectivity index (χ1v) is 9.59. The van der Waals surface area contributed by atoms with E-state index in [0.717, 1.165) is 12.1 Å². The average Bonchev–Trinajstić information content (AvgIpc) is 2.86. The first kappa shape index (κ1) is 19.8. The summed E-state index contributed by atoms with van der Waals surface area (Å²) in [7, 11) is -2.20. The van der Waals surface area contributed by atoms with Crippen molar-refractivity contribution in [1.82, 2.24) is 9.21 Å². The maximum Gasteiger partial charge on any atom is 0.243 e. The van der Waals surface area contributed by atoms with Gasteiger partial charge in [0.1, 0.15) is 5.82 Å². The second-order valence-electron chi connectivity index (χ2n) is 5.89. The van der Waals surface area contributed by atoms with Gasteiger partial charge in [0.15, 0.2) is 0 Å². The highest BCUT2D eigenvalue weighted by atomic mass is 32.2. The summed E-state index contributed by atoms with van der Waals surface area (Å²) in [5.74, 6) is -0.586. The maximum atomic E-state index is 13.0. The Balaban J connectivity index is 2.03. The number of nitrogens with two attached hydrogens (primary N) is 1. The number of carbonyl (C=O) groups excluding carboxylic acids is 1. The molecule has 1 aliphatic heterocycles. The van der Waals surface area contributed by atoms with Gasteiger partial charge in [0.05, 0.1) is 17.4 Å². The Labute approximate surface area is 147 Å². The van der Waals surface area contributed by atoms with Crippen LogP contribution in [-0.4, -0.2) is 69.5 Å². The van der Waals surface area contributed by atoms with Gasteiger partial charge in [-0.25, -0.2) is 12.8 Å². The third kappa shape index (κ3) is 4.97. The topological polar surface area (TPSA) is 92.9 Å². The average molecular weight is 373 g/mol. The van der Waals surface area contributed by atoms with Gasteiger partial charge in [-0.1, -0.05) is 0 Å². The van der Waals surface area contributed by atoms with Crippen LogP contribution >= 0.6 is 0 Å². The normalized spacial score (nSPS) is 18.0. The van der Waals surface area contributed by atoms with E-state index in [1.54, 1.807) is 4.90 Å². The van der Waals surface area contributed by atoms with Gasteiger partial charge in [-0.05, 0) is 30.7 Å². The fourth-order valence-electron chi connectivity index (χ4n) is 2.73. The number of halogens is 1. The molecule has 0 spiro atoms. The molecule has 0 bridgehead atoms. The molecular formula is C16H24FN3O4S. The summed E-state index contributed by atoms with van der Waals surface area (Å²) in [5.41, 5.74) is 5.54. The largest absolute Gasteiger partial charge is 0.380 e. The smallest absolute Gasteiger partial charge is 0.243 e. The fourth-order valence-corrected chi connectivity index (χ4v) is 4.20. The number of sulfonamides is 1. The van der Waals surface area contributed by atoms with Crippen molar-refractivity contribution < 1.29 is 22.3 Å². The van der Waals surface area contributed by atoms with E-state index in [1.165, 1.54) is 23.5 Å². The second kappa shape index (κ2) is 8.70. The molecule has 2 rings (SSSR count). The number of rotatable bonds is 6. The monoisotopic (exact) mass is 373 g/mol. The highest BCUT2D eigenvalue weighted by Crippen LogP contribution is 2.18. The van der Waals surface area contributed by atoms with Crippen LogP contribution in [0.5, 0.6) is 0 Å². The minimum Gasteiger partial charge on any atom is -0.380 e. The van der Waals surface area contributed by atoms with Crippen molar-refractivity contribution in [3.63, 3.8) is 0 Å². The van der Waals surface area contributed by atoms with Gasteiger partial charge < -0.3 is 15.4 Å². The molecule has 1 atom stereocenters. The molecular weight excluding hydrogens is 349 g/mol. The lowest BCUT2D eigenvalue weighted by molar-refractivity contribution is -0.133. The molecule has 1 aromatic rings. The van der Waals surface area contributed by atoms with Gasteiger partial charge in [0.25, 0.3) is 0 Å². The van der Waals surface area contributed by atoms with Crippen molar-refractivity contribution in [1.29, 1.82) is 0 Å². The minimum atomic E-state index is -3.70. The van der Waals surface area contributed by atoms with Crippen LogP contribution in [-0.2, 0) is 19.6 Å². The predicted molar refractivity (Wildman–Crippen MR) is 90.8 cm³/mol. The van der Waals surface area contributed by atoms with E-state index in [1.807, 2.05) is 0 Å². The molecule has 7 nitrogen and oxygen atoms in total. The van der Waals surface area contributed by atoms with Gasteiger partial charge in [0.2, 0.25) is 15.9 Å². The Morgan fingerprint density at radius 2 is 1.92 bits per heavy atom. The summed E-state index contributed by atoms with van der Waals surface area (Å²) in [4.78, 5) is 14.0. The first-order valence-electron chi connectivity index (χ1n) is 8.15. The second-order valence-corrected chi connectivity index (χ2v) is 7.83. The Morgan fingerprint density at radius 1 is 1.24 bits per heavy atom. The van der Waals surface area contributed by atoms with Crippen molar-refractivity contribution in [3.05, 3.63) is 30.1 Å². The Hall–Kier alpha value is -1.55. The maximum absolute atomic E-state index is 13.0. The first-order chi connectivity index (χ1) is 11.9. The Kier molecular flexibility index (Phi) is 6.88. The molecule has 0 radical (unpaired) electrons. The molecule has 1 aliphatic rings. The van der Waals surface area contributed by atoms with Crippen LogP contribution in [0.3, 0.4) is 0 Å². The molecule has 2 N–H and O–H groups in total. The molecule has 1 unspecified atom stereocenters. The number of nitrogens with zero attached hydrogens (tertiary/aromatic N) is 2. The van der Waals surface area contributed by atoms with Gasteiger partial charge in [-0.3, -0.25) is 4.79 Å². The number of amides is 1. The van der Waals surface area contributed by atoms with E-state index in [-0.39, 0.29) is 36.4 Å². The van der Waals surface area contributed by atoms with E-state index < -0.39 is 15.8 Å². The van der Waals surface area contributed by atoms with Gasteiger partial charge in [-0.15, -0.1) is 0 Å². The van der Waals surface area contributed by atoms with Crippen LogP contribution in [0.1, 0.15) is 12.8 Å². The molecule has 0 saturated carbocycles. The van der Waals surface area contributed by atoms with Crippen molar-refractivity contribution in [3.8, 4) is 0 Å². The predicted octanol–water partition coefficient (Wildman–Crippen LogP) is 0.413. The zero-order valence-corrected chi connectivity index (χ0v) is 15.0. The standard InChI is InChI=1S/C16H24FN3O4S/c1-24-14(12-18)11-16(21)19-7-2-8-20(10-9-19)25(22,23)15-5-3-13(17)4-6-15/h3-6,14H,2,7-12,18H2,1H3. The molecule has 1 amide bonds. The highest BCUT2D eigenvalue weighted by Gasteiger charge is 2.28. The molecule has 1 aromatic carbocycles. The third-order valence-electron chi connectivity index (χ3n) is 4.26. The summed E-state index contributed by atoms with van der Waals surface area (Å²) in [6.07, 6.45) is 0.374. The van der Waals surface area contributed by atoms with E-state index in [9.17, 15) is 17.6 Å². The number of hydrogen-bond acceptors (Lipinski definition) is 5. The summed E-state index contributed by atoms with van der Waals surface area (Å²) in [6.45, 7) is 1.55. The van der Waals surface area contributed by atoms with Crippen LogP contribution in [0, 0.1) is 5.82 Å². The number of ether oxygens (including phenoxy) is 1. The van der Waals surface area contributed by atoms with E-state index in [4.69, 9.17) is 10.5 Å². The number of hydrogen-bond donors (Lipinski definition) is 1. The Bertz CT molecular complexity index is 677. The van der Waals surface area contributed by atoms with Crippen molar-refractivity contribution in [2.45, 2.75) is 23.8 Å². The van der Waals surface area contributed by atoms with Gasteiger partial charge >= 0.3 is 0 Å². The van der Waals surface area contributed by atoms with Crippen LogP contribution in [0.25, 0.3) is 0 Å². The number of carbonyl (C=O) groups is 1. The molecule has 140 valence electrons. The van der Waals surface area contributed by atoms with Crippen molar-refractivity contribution in [2.75, 3.05) is 39.8 Å². The molecule has 1 fully saturated rings. The zero-order valence-electron chi connectivity index (χ0n) is 14.2. The van der Waals surface area contributed by atoms with Crippen molar-refractivity contribution >= 4 is 15.9 Å². The molecule has 0 aliphatic carbocycles. The van der Waals surface area contributed by atoms with E-state index in [0.29, 0.717) is 26.1 Å². The van der Waals surface area contributed by atoms with Crippen LogP contribution in [0.15, 0.2) is 29.2 Å². The van der Waals surface area contributed by atoms with E-state index >= 15 is 0 Å². The molecule has 1 saturated heterocycles. The quantitative estimate of drug-likeness (QED) is 0.780. The molecule has 1 heterocycles. The third-order valence-corrected chi connectivity index (χ3v) is 6.17. The van der Waals surface area contributed by atoms with Crippen molar-refractivity contribution in [2.24, 2.45) is 5.73 Å². The summed E-state index contributed by atoms with van der Waals surface area (Å²) < 4.78 is 44.8. The van der Waals surface area contributed by atoms with Gasteiger partial charge in [-0.2, -0.15) is 4.31 Å². The SMILES string of the molecule is COC(CN)CC(=O)N1CCCN(S(=O)(=O)c2ccc(F)cc2)CC1. The summed E-state index contributed by atoms with van der Waals surface area (Å²) in [6, 6.07) is 4.75. The van der Waals surface area contributed by atoms with Crippen LogP contribution in [0.2, 0.25) is 0 Å². The molecule has 25 heavy (non-hydrogen) atoms. The summed E-state index contributed by atoms with van der Waals surface area (Å²) in [5, 5.41) is 0. The Morgan fingerprint density at radius 3 is 2.52 bits per heavy atom. The summed E-state index contributed by atoms with van der Waals surface area (Å²) >= 11 is 0. The highest BCUT2D eigenvalue weighted by molar-refractivity contribution is 7.89. The fraction of sp³-hybridized carbons (Fsp3) is 0.562. The number of methoxy groups -OCH3 is 1. The lowest BCUT2D eigenvalue weighted by Gasteiger charge is -2.23. The lowest BCUT2D eigenvalue weighted by Crippen LogP contribution is -2.39. The van der Waals surface area contributed by atoms with E-state index in [2.05, 4.69) is 0 Å². The number of benzene rings is 1. The van der Waals surface area contributed by atoms with Crippen LogP contribution in [0.4, 0.5) is 4.39 Å². The molecule has 0 aromatic heterocycles. The minimum absolute atomic E-state index is 0.0521. The lowest BCUT2D eigenvalue weighted by atomic mass is 10.2. The zero-order chi connectivity index (χ0) is 18.4. The van der Waals surface area contributed by atoms with Gasteiger partial charge in [0, 0.05) is 39.8 Å². The van der Waals surface area contributed by atoms with Crippen LogP contribution < -0.4 is 5.73 Å². The molecule has 9 heteroatoms.